The predicted octanol–water partition coefficient (Wildman–Crippen LogP) is 8.29. The Bertz CT molecular complexity index is 214. The first kappa shape index (κ1) is 20.0. The van der Waals surface area contributed by atoms with E-state index in [-0.39, 0.29) is 0 Å². The summed E-state index contributed by atoms with van der Waals surface area (Å²) in [6.07, 6.45) is 26.9. The van der Waals surface area contributed by atoms with E-state index in [9.17, 15) is 0 Å². The zero-order valence-corrected chi connectivity index (χ0v) is 15.9. The second-order valence-electron chi connectivity index (χ2n) is 7.92. The fourth-order valence-corrected chi connectivity index (χ4v) is 4.42. The molecule has 0 heterocycles. The zero-order valence-electron chi connectivity index (χ0n) is 15.9. The van der Waals surface area contributed by atoms with Crippen LogP contribution in [0.15, 0.2) is 0 Å². The highest BCUT2D eigenvalue weighted by Crippen LogP contribution is 2.35. The molecule has 0 spiro atoms. The van der Waals surface area contributed by atoms with Crippen molar-refractivity contribution in [2.75, 3.05) is 0 Å². The summed E-state index contributed by atoms with van der Waals surface area (Å²) >= 11 is 0. The van der Waals surface area contributed by atoms with Crippen LogP contribution in [0, 0.1) is 11.8 Å². The highest BCUT2D eigenvalue weighted by atomic mass is 14.3. The normalized spacial score (nSPS) is 17.7. The van der Waals surface area contributed by atoms with Gasteiger partial charge in [-0.15, -0.1) is 0 Å². The van der Waals surface area contributed by atoms with Crippen LogP contribution in [0.1, 0.15) is 129 Å². The van der Waals surface area contributed by atoms with Gasteiger partial charge in [-0.05, 0) is 11.8 Å². The molecule has 1 saturated carbocycles. The van der Waals surface area contributed by atoms with E-state index in [2.05, 4.69) is 13.8 Å². The van der Waals surface area contributed by atoms with Gasteiger partial charge in [0.1, 0.15) is 0 Å². The Hall–Kier alpha value is 0. The Morgan fingerprint density at radius 1 is 0.591 bits per heavy atom. The monoisotopic (exact) mass is 308 g/mol. The molecule has 1 aliphatic carbocycles. The average Bonchev–Trinajstić information content (AvgIpc) is 2.56. The van der Waals surface area contributed by atoms with E-state index >= 15 is 0 Å². The molecule has 1 fully saturated rings. The standard InChI is InChI=1S/C22H44/c1-3-5-7-9-11-14-18-21(17-13-10-8-6-4-2)22-19-15-12-16-20-22/h21-22H,3-20H2,1-2H3. The van der Waals surface area contributed by atoms with Gasteiger partial charge in [0.05, 0.1) is 0 Å². The summed E-state index contributed by atoms with van der Waals surface area (Å²) in [5, 5.41) is 0. The molecule has 0 radical (unpaired) electrons. The largest absolute Gasteiger partial charge is 0.0654 e. The smallest absolute Gasteiger partial charge is 0.0386 e. The van der Waals surface area contributed by atoms with Gasteiger partial charge in [0.2, 0.25) is 0 Å². The molecule has 0 aromatic carbocycles. The second-order valence-corrected chi connectivity index (χ2v) is 7.92. The summed E-state index contributed by atoms with van der Waals surface area (Å²) in [4.78, 5) is 0. The van der Waals surface area contributed by atoms with Gasteiger partial charge in [0.25, 0.3) is 0 Å². The van der Waals surface area contributed by atoms with E-state index in [0.29, 0.717) is 0 Å². The van der Waals surface area contributed by atoms with Crippen molar-refractivity contribution in [3.63, 3.8) is 0 Å². The molecule has 0 amide bonds. The van der Waals surface area contributed by atoms with Gasteiger partial charge in [-0.25, -0.2) is 0 Å². The Morgan fingerprint density at radius 2 is 1.05 bits per heavy atom. The summed E-state index contributed by atoms with van der Waals surface area (Å²) in [6.45, 7) is 4.64. The first-order valence-electron chi connectivity index (χ1n) is 10.9. The summed E-state index contributed by atoms with van der Waals surface area (Å²) in [6, 6.07) is 0. The maximum absolute atomic E-state index is 2.32. The van der Waals surface area contributed by atoms with Crippen LogP contribution < -0.4 is 0 Å². The molecule has 0 heteroatoms. The molecule has 0 saturated heterocycles. The zero-order chi connectivity index (χ0) is 15.9. The molecule has 0 bridgehead atoms. The van der Waals surface area contributed by atoms with Crippen molar-refractivity contribution in [2.24, 2.45) is 11.8 Å². The molecule has 0 N–H and O–H groups in total. The summed E-state index contributed by atoms with van der Waals surface area (Å²) in [5.74, 6) is 2.17. The first-order chi connectivity index (χ1) is 10.9. The van der Waals surface area contributed by atoms with Crippen LogP contribution in [0.4, 0.5) is 0 Å². The van der Waals surface area contributed by atoms with E-state index in [0.717, 1.165) is 11.8 Å². The molecule has 0 aromatic rings. The van der Waals surface area contributed by atoms with Crippen molar-refractivity contribution in [2.45, 2.75) is 129 Å². The van der Waals surface area contributed by atoms with Crippen molar-refractivity contribution in [3.8, 4) is 0 Å². The molecule has 0 nitrogen and oxygen atoms in total. The molecule has 1 unspecified atom stereocenters. The van der Waals surface area contributed by atoms with Crippen molar-refractivity contribution in [1.82, 2.24) is 0 Å². The highest BCUT2D eigenvalue weighted by molar-refractivity contribution is 4.74. The first-order valence-corrected chi connectivity index (χ1v) is 10.9. The van der Waals surface area contributed by atoms with Crippen molar-refractivity contribution >= 4 is 0 Å². The third-order valence-electron chi connectivity index (χ3n) is 5.92. The van der Waals surface area contributed by atoms with Gasteiger partial charge in [-0.2, -0.15) is 0 Å². The fraction of sp³-hybridized carbons (Fsp3) is 1.00. The molecule has 1 aliphatic rings. The number of hydrogen-bond acceptors (Lipinski definition) is 0. The van der Waals surface area contributed by atoms with Crippen LogP contribution in [0.3, 0.4) is 0 Å². The third kappa shape index (κ3) is 9.90. The summed E-state index contributed by atoms with van der Waals surface area (Å²) in [7, 11) is 0. The quantitative estimate of drug-likeness (QED) is 0.283. The van der Waals surface area contributed by atoms with Gasteiger partial charge in [0.15, 0.2) is 0 Å². The van der Waals surface area contributed by atoms with E-state index in [1.807, 2.05) is 0 Å². The maximum atomic E-state index is 2.32. The van der Waals surface area contributed by atoms with E-state index < -0.39 is 0 Å². The Kier molecular flexibility index (Phi) is 13.3. The minimum absolute atomic E-state index is 1.08. The lowest BCUT2D eigenvalue weighted by molar-refractivity contribution is 0.215. The number of unbranched alkanes of at least 4 members (excludes halogenated alkanes) is 9. The average molecular weight is 309 g/mol. The topological polar surface area (TPSA) is 0 Å². The Balaban J connectivity index is 2.18. The SMILES string of the molecule is CCCCCCCCC(CCCCCCC)C1CCCCC1. The number of rotatable bonds is 14. The summed E-state index contributed by atoms with van der Waals surface area (Å²) in [5.41, 5.74) is 0. The van der Waals surface area contributed by atoms with Crippen LogP contribution in [0.2, 0.25) is 0 Å². The molecular formula is C22H44. The minimum atomic E-state index is 1.08. The fourth-order valence-electron chi connectivity index (χ4n) is 4.42. The molecule has 1 atom stereocenters. The van der Waals surface area contributed by atoms with E-state index in [4.69, 9.17) is 0 Å². The van der Waals surface area contributed by atoms with Crippen LogP contribution in [0.5, 0.6) is 0 Å². The van der Waals surface area contributed by atoms with Crippen LogP contribution in [-0.2, 0) is 0 Å². The van der Waals surface area contributed by atoms with Crippen molar-refractivity contribution < 1.29 is 0 Å². The van der Waals surface area contributed by atoms with Crippen LogP contribution in [0.25, 0.3) is 0 Å². The third-order valence-corrected chi connectivity index (χ3v) is 5.92. The lowest BCUT2D eigenvalue weighted by atomic mass is 9.75. The number of hydrogen-bond donors (Lipinski definition) is 0. The summed E-state index contributed by atoms with van der Waals surface area (Å²) < 4.78 is 0. The van der Waals surface area contributed by atoms with Gasteiger partial charge in [-0.3, -0.25) is 0 Å². The lowest BCUT2D eigenvalue weighted by Gasteiger charge is -2.30. The van der Waals surface area contributed by atoms with E-state index in [1.54, 1.807) is 25.7 Å². The molecule has 132 valence electrons. The van der Waals surface area contributed by atoms with Gasteiger partial charge < -0.3 is 0 Å². The molecule has 22 heavy (non-hydrogen) atoms. The lowest BCUT2D eigenvalue weighted by Crippen LogP contribution is -2.18. The van der Waals surface area contributed by atoms with Crippen molar-refractivity contribution in [3.05, 3.63) is 0 Å². The van der Waals surface area contributed by atoms with E-state index in [1.165, 1.54) is 89.9 Å². The predicted molar refractivity (Wildman–Crippen MR) is 101 cm³/mol. The van der Waals surface area contributed by atoms with Crippen LogP contribution in [-0.4, -0.2) is 0 Å². The highest BCUT2D eigenvalue weighted by Gasteiger charge is 2.22. The molecule has 0 aromatic heterocycles. The van der Waals surface area contributed by atoms with Gasteiger partial charge in [0, 0.05) is 0 Å². The van der Waals surface area contributed by atoms with Gasteiger partial charge >= 0.3 is 0 Å². The Labute approximate surface area is 141 Å². The van der Waals surface area contributed by atoms with Crippen molar-refractivity contribution in [1.29, 1.82) is 0 Å². The van der Waals surface area contributed by atoms with Crippen LogP contribution >= 0.6 is 0 Å². The maximum Gasteiger partial charge on any atom is -0.0386 e. The molecule has 0 aliphatic heterocycles. The second kappa shape index (κ2) is 14.6. The minimum Gasteiger partial charge on any atom is -0.0654 e. The Morgan fingerprint density at radius 3 is 1.55 bits per heavy atom. The molecular weight excluding hydrogens is 264 g/mol. The van der Waals surface area contributed by atoms with Gasteiger partial charge in [-0.1, -0.05) is 129 Å². The molecule has 1 rings (SSSR count).